The van der Waals surface area contributed by atoms with Crippen LogP contribution in [0.4, 0.5) is 0 Å². The molecule has 17 heavy (non-hydrogen) atoms. The molecule has 0 aromatic heterocycles. The molecule has 0 aliphatic carbocycles. The Hall–Kier alpha value is -1.56. The zero-order valence-electron chi connectivity index (χ0n) is 10.7. The standard InChI is InChI=1S/C17H20/c1-3-15(16-10-5-4-6-11-16)13-17-12-8-7-9-14(17)2/h4-12,15H,3,13H2,1-2H3. The van der Waals surface area contributed by atoms with Gasteiger partial charge in [0.25, 0.3) is 0 Å². The number of rotatable bonds is 4. The van der Waals surface area contributed by atoms with Crippen molar-refractivity contribution < 1.29 is 0 Å². The maximum absolute atomic E-state index is 2.27. The van der Waals surface area contributed by atoms with Gasteiger partial charge in [0, 0.05) is 0 Å². The molecular formula is C17H20. The molecule has 0 saturated heterocycles. The summed E-state index contributed by atoms with van der Waals surface area (Å²) in [6.45, 7) is 4.48. The Labute approximate surface area is 104 Å². The van der Waals surface area contributed by atoms with E-state index < -0.39 is 0 Å². The molecule has 2 aromatic rings. The van der Waals surface area contributed by atoms with Crippen molar-refractivity contribution in [2.45, 2.75) is 32.6 Å². The second-order valence-electron chi connectivity index (χ2n) is 4.65. The van der Waals surface area contributed by atoms with E-state index in [1.807, 2.05) is 0 Å². The lowest BCUT2D eigenvalue weighted by Crippen LogP contribution is -2.02. The van der Waals surface area contributed by atoms with Crippen molar-refractivity contribution >= 4 is 0 Å². The van der Waals surface area contributed by atoms with Gasteiger partial charge in [-0.25, -0.2) is 0 Å². The normalized spacial score (nSPS) is 12.4. The maximum atomic E-state index is 2.27. The molecule has 0 nitrogen and oxygen atoms in total. The largest absolute Gasteiger partial charge is 0.0648 e. The van der Waals surface area contributed by atoms with Gasteiger partial charge in [0.1, 0.15) is 0 Å². The molecule has 1 atom stereocenters. The monoisotopic (exact) mass is 224 g/mol. The first-order chi connectivity index (χ1) is 8.31. The Morgan fingerprint density at radius 3 is 2.18 bits per heavy atom. The van der Waals surface area contributed by atoms with Crippen LogP contribution in [0.3, 0.4) is 0 Å². The molecular weight excluding hydrogens is 204 g/mol. The number of hydrogen-bond donors (Lipinski definition) is 0. The van der Waals surface area contributed by atoms with Crippen LogP contribution in [0.2, 0.25) is 0 Å². The average molecular weight is 224 g/mol. The van der Waals surface area contributed by atoms with Gasteiger partial charge in [0.2, 0.25) is 0 Å². The highest BCUT2D eigenvalue weighted by molar-refractivity contribution is 5.29. The van der Waals surface area contributed by atoms with E-state index in [-0.39, 0.29) is 0 Å². The summed E-state index contributed by atoms with van der Waals surface area (Å²) in [4.78, 5) is 0. The van der Waals surface area contributed by atoms with Crippen LogP contribution in [-0.4, -0.2) is 0 Å². The van der Waals surface area contributed by atoms with Crippen molar-refractivity contribution in [2.24, 2.45) is 0 Å². The summed E-state index contributed by atoms with van der Waals surface area (Å²) in [5.74, 6) is 0.636. The predicted molar refractivity (Wildman–Crippen MR) is 74.4 cm³/mol. The Morgan fingerprint density at radius 2 is 1.53 bits per heavy atom. The van der Waals surface area contributed by atoms with E-state index in [2.05, 4.69) is 68.4 Å². The third kappa shape index (κ3) is 2.97. The molecule has 2 rings (SSSR count). The number of aryl methyl sites for hydroxylation is 1. The van der Waals surface area contributed by atoms with Gasteiger partial charge in [-0.15, -0.1) is 0 Å². The van der Waals surface area contributed by atoms with Gasteiger partial charge in [-0.3, -0.25) is 0 Å². The van der Waals surface area contributed by atoms with E-state index in [1.54, 1.807) is 0 Å². The van der Waals surface area contributed by atoms with Crippen LogP contribution in [0.15, 0.2) is 54.6 Å². The van der Waals surface area contributed by atoms with Gasteiger partial charge in [-0.1, -0.05) is 61.5 Å². The Kier molecular flexibility index (Phi) is 3.98. The van der Waals surface area contributed by atoms with Crippen LogP contribution in [0.1, 0.15) is 36.0 Å². The van der Waals surface area contributed by atoms with Gasteiger partial charge >= 0.3 is 0 Å². The fourth-order valence-electron chi connectivity index (χ4n) is 2.33. The fourth-order valence-corrected chi connectivity index (χ4v) is 2.33. The molecule has 0 heterocycles. The van der Waals surface area contributed by atoms with E-state index in [1.165, 1.54) is 23.1 Å². The highest BCUT2D eigenvalue weighted by Crippen LogP contribution is 2.25. The lowest BCUT2D eigenvalue weighted by atomic mass is 9.88. The molecule has 88 valence electrons. The minimum atomic E-state index is 0.636. The Bertz CT molecular complexity index is 456. The van der Waals surface area contributed by atoms with Crippen molar-refractivity contribution in [3.63, 3.8) is 0 Å². The third-order valence-electron chi connectivity index (χ3n) is 3.49. The van der Waals surface area contributed by atoms with E-state index in [0.29, 0.717) is 5.92 Å². The van der Waals surface area contributed by atoms with Crippen LogP contribution in [0.25, 0.3) is 0 Å². The zero-order chi connectivity index (χ0) is 12.1. The second-order valence-corrected chi connectivity index (χ2v) is 4.65. The van der Waals surface area contributed by atoms with Crippen molar-refractivity contribution in [1.29, 1.82) is 0 Å². The van der Waals surface area contributed by atoms with Crippen LogP contribution < -0.4 is 0 Å². The smallest absolute Gasteiger partial charge is 0.0124 e. The maximum Gasteiger partial charge on any atom is -0.0124 e. The molecule has 0 saturated carbocycles. The second kappa shape index (κ2) is 5.67. The molecule has 0 N–H and O–H groups in total. The van der Waals surface area contributed by atoms with Crippen molar-refractivity contribution in [3.05, 3.63) is 71.3 Å². The number of hydrogen-bond acceptors (Lipinski definition) is 0. The Balaban J connectivity index is 2.19. The first kappa shape index (κ1) is 11.9. The van der Waals surface area contributed by atoms with Crippen molar-refractivity contribution in [2.75, 3.05) is 0 Å². The van der Waals surface area contributed by atoms with E-state index in [0.717, 1.165) is 6.42 Å². The summed E-state index contributed by atoms with van der Waals surface area (Å²) in [6.07, 6.45) is 2.34. The van der Waals surface area contributed by atoms with E-state index >= 15 is 0 Å². The quantitative estimate of drug-likeness (QED) is 0.704. The Morgan fingerprint density at radius 1 is 0.882 bits per heavy atom. The van der Waals surface area contributed by atoms with Crippen LogP contribution in [0.5, 0.6) is 0 Å². The summed E-state index contributed by atoms with van der Waals surface area (Å²) < 4.78 is 0. The molecule has 2 aromatic carbocycles. The van der Waals surface area contributed by atoms with Gasteiger partial charge in [0.15, 0.2) is 0 Å². The zero-order valence-corrected chi connectivity index (χ0v) is 10.7. The molecule has 0 fully saturated rings. The van der Waals surface area contributed by atoms with Gasteiger partial charge in [-0.2, -0.15) is 0 Å². The van der Waals surface area contributed by atoms with E-state index in [9.17, 15) is 0 Å². The SMILES string of the molecule is CCC(Cc1ccccc1C)c1ccccc1. The molecule has 0 radical (unpaired) electrons. The van der Waals surface area contributed by atoms with Crippen LogP contribution in [-0.2, 0) is 6.42 Å². The third-order valence-corrected chi connectivity index (χ3v) is 3.49. The summed E-state index contributed by atoms with van der Waals surface area (Å²) in [5, 5.41) is 0. The summed E-state index contributed by atoms with van der Waals surface area (Å²) in [6, 6.07) is 19.5. The fraction of sp³-hybridized carbons (Fsp3) is 0.294. The van der Waals surface area contributed by atoms with Gasteiger partial charge in [0.05, 0.1) is 0 Å². The minimum absolute atomic E-state index is 0.636. The van der Waals surface area contributed by atoms with E-state index in [4.69, 9.17) is 0 Å². The average Bonchev–Trinajstić information content (AvgIpc) is 2.39. The highest BCUT2D eigenvalue weighted by Gasteiger charge is 2.10. The molecule has 0 bridgehead atoms. The lowest BCUT2D eigenvalue weighted by Gasteiger charge is -2.16. The minimum Gasteiger partial charge on any atom is -0.0648 e. The van der Waals surface area contributed by atoms with Crippen LogP contribution in [0, 0.1) is 6.92 Å². The molecule has 0 aliphatic rings. The van der Waals surface area contributed by atoms with Crippen molar-refractivity contribution in [3.8, 4) is 0 Å². The lowest BCUT2D eigenvalue weighted by molar-refractivity contribution is 0.658. The molecule has 0 spiro atoms. The van der Waals surface area contributed by atoms with Crippen molar-refractivity contribution in [1.82, 2.24) is 0 Å². The molecule has 1 unspecified atom stereocenters. The first-order valence-corrected chi connectivity index (χ1v) is 6.40. The summed E-state index contributed by atoms with van der Waals surface area (Å²) >= 11 is 0. The van der Waals surface area contributed by atoms with Crippen LogP contribution >= 0.6 is 0 Å². The van der Waals surface area contributed by atoms with Gasteiger partial charge in [-0.05, 0) is 42.4 Å². The highest BCUT2D eigenvalue weighted by atomic mass is 14.1. The summed E-state index contributed by atoms with van der Waals surface area (Å²) in [5.41, 5.74) is 4.34. The predicted octanol–water partition coefficient (Wildman–Crippen LogP) is 4.73. The molecule has 0 aliphatic heterocycles. The molecule has 0 heteroatoms. The topological polar surface area (TPSA) is 0 Å². The number of benzene rings is 2. The van der Waals surface area contributed by atoms with Gasteiger partial charge < -0.3 is 0 Å². The molecule has 0 amide bonds. The first-order valence-electron chi connectivity index (χ1n) is 6.40. The summed E-state index contributed by atoms with van der Waals surface area (Å²) in [7, 11) is 0.